The van der Waals surface area contributed by atoms with E-state index in [1.54, 1.807) is 0 Å². The van der Waals surface area contributed by atoms with Crippen molar-refractivity contribution in [3.8, 4) is 5.75 Å². The van der Waals surface area contributed by atoms with Gasteiger partial charge in [0.1, 0.15) is 5.75 Å². The van der Waals surface area contributed by atoms with Crippen LogP contribution in [0.2, 0.25) is 0 Å². The van der Waals surface area contributed by atoms with Crippen molar-refractivity contribution in [3.05, 3.63) is 65.2 Å². The Labute approximate surface area is 163 Å². The molecule has 27 heavy (non-hydrogen) atoms. The summed E-state index contributed by atoms with van der Waals surface area (Å²) in [6, 6.07) is 17.6. The smallest absolute Gasteiger partial charge is 0.119 e. The van der Waals surface area contributed by atoms with Crippen molar-refractivity contribution < 1.29 is 9.84 Å². The first-order valence-corrected chi connectivity index (χ1v) is 10.0. The zero-order valence-electron chi connectivity index (χ0n) is 16.6. The minimum absolute atomic E-state index is 0.239. The molecule has 1 saturated heterocycles. The molecule has 0 radical (unpaired) electrons. The van der Waals surface area contributed by atoms with Crippen LogP contribution in [0, 0.1) is 6.92 Å². The number of ether oxygens (including phenoxy) is 1. The molecule has 4 nitrogen and oxygen atoms in total. The van der Waals surface area contributed by atoms with Crippen molar-refractivity contribution >= 4 is 0 Å². The Balaban J connectivity index is 1.59. The molecule has 0 saturated carbocycles. The third kappa shape index (κ3) is 5.80. The van der Waals surface area contributed by atoms with E-state index in [-0.39, 0.29) is 6.61 Å². The molecular weight excluding hydrogens is 336 g/mol. The molecule has 0 spiro atoms. The molecule has 146 valence electrons. The highest BCUT2D eigenvalue weighted by atomic mass is 16.5. The summed E-state index contributed by atoms with van der Waals surface area (Å²) in [5.74, 6) is 0.927. The van der Waals surface area contributed by atoms with Crippen LogP contribution in [0.15, 0.2) is 48.5 Å². The molecule has 4 heteroatoms. The van der Waals surface area contributed by atoms with Gasteiger partial charge < -0.3 is 9.84 Å². The van der Waals surface area contributed by atoms with Gasteiger partial charge in [-0.25, -0.2) is 0 Å². The highest BCUT2D eigenvalue weighted by Gasteiger charge is 2.26. The van der Waals surface area contributed by atoms with Crippen molar-refractivity contribution in [2.24, 2.45) is 0 Å². The van der Waals surface area contributed by atoms with Crippen molar-refractivity contribution in [2.75, 3.05) is 32.8 Å². The molecule has 2 aromatic carbocycles. The number of rotatable bonds is 8. The van der Waals surface area contributed by atoms with Crippen molar-refractivity contribution in [1.29, 1.82) is 0 Å². The van der Waals surface area contributed by atoms with E-state index in [1.165, 1.54) is 16.7 Å². The van der Waals surface area contributed by atoms with Gasteiger partial charge in [0.05, 0.1) is 6.61 Å². The summed E-state index contributed by atoms with van der Waals surface area (Å²) in [5.41, 5.74) is 3.97. The van der Waals surface area contributed by atoms with Crippen molar-refractivity contribution in [2.45, 2.75) is 39.4 Å². The Morgan fingerprint density at radius 1 is 0.963 bits per heavy atom. The molecule has 0 bridgehead atoms. The molecule has 1 fully saturated rings. The van der Waals surface area contributed by atoms with Gasteiger partial charge >= 0.3 is 0 Å². The molecule has 0 aromatic heterocycles. The predicted octanol–water partition coefficient (Wildman–Crippen LogP) is 3.46. The second-order valence-corrected chi connectivity index (χ2v) is 7.43. The third-order valence-corrected chi connectivity index (χ3v) is 5.30. The number of hydrogen-bond donors (Lipinski definition) is 1. The number of nitrogens with zero attached hydrogens (tertiary/aromatic N) is 2. The fourth-order valence-electron chi connectivity index (χ4n) is 3.78. The SMILES string of the molecule is CCOc1ccc(CN2CCN(Cc3ccc(C)cc3)C[C@@H]2CCO)cc1. The molecule has 1 atom stereocenters. The number of benzene rings is 2. The second kappa shape index (κ2) is 9.88. The van der Waals surface area contributed by atoms with Gasteiger partial charge in [0, 0.05) is 45.4 Å². The lowest BCUT2D eigenvalue weighted by molar-refractivity contribution is 0.0500. The molecule has 3 rings (SSSR count). The maximum atomic E-state index is 9.54. The first-order valence-electron chi connectivity index (χ1n) is 10.0. The van der Waals surface area contributed by atoms with Crippen LogP contribution in [0.5, 0.6) is 5.75 Å². The Hall–Kier alpha value is -1.88. The average Bonchev–Trinajstić information content (AvgIpc) is 2.68. The maximum absolute atomic E-state index is 9.54. The largest absolute Gasteiger partial charge is 0.494 e. The van der Waals surface area contributed by atoms with Gasteiger partial charge in [-0.3, -0.25) is 9.80 Å². The summed E-state index contributed by atoms with van der Waals surface area (Å²) in [6.07, 6.45) is 0.821. The van der Waals surface area contributed by atoms with E-state index in [9.17, 15) is 5.11 Å². The van der Waals surface area contributed by atoms with Gasteiger partial charge in [0.2, 0.25) is 0 Å². The van der Waals surface area contributed by atoms with Gasteiger partial charge in [0.25, 0.3) is 0 Å². The quantitative estimate of drug-likeness (QED) is 0.774. The number of piperazine rings is 1. The van der Waals surface area contributed by atoms with E-state index in [0.29, 0.717) is 12.6 Å². The highest BCUT2D eigenvalue weighted by Crippen LogP contribution is 2.20. The van der Waals surface area contributed by atoms with Crippen molar-refractivity contribution in [3.63, 3.8) is 0 Å². The van der Waals surface area contributed by atoms with Gasteiger partial charge in [-0.05, 0) is 43.5 Å². The molecule has 1 aliphatic rings. The fraction of sp³-hybridized carbons (Fsp3) is 0.478. The van der Waals surface area contributed by atoms with Gasteiger partial charge in [-0.15, -0.1) is 0 Å². The second-order valence-electron chi connectivity index (χ2n) is 7.43. The number of aryl methyl sites for hydroxylation is 1. The standard InChI is InChI=1S/C23H32N2O2/c1-3-27-23-10-8-21(9-11-23)17-25-14-13-24(18-22(25)12-15-26)16-20-6-4-19(2)5-7-20/h4-11,22,26H,3,12-18H2,1-2H3/t22-/m0/s1. The maximum Gasteiger partial charge on any atom is 0.119 e. The van der Waals surface area contributed by atoms with E-state index in [0.717, 1.165) is 44.9 Å². The van der Waals surface area contributed by atoms with Crippen molar-refractivity contribution in [1.82, 2.24) is 9.80 Å². The van der Waals surface area contributed by atoms with Gasteiger partial charge in [-0.1, -0.05) is 42.0 Å². The van der Waals surface area contributed by atoms with Crippen LogP contribution in [0.1, 0.15) is 30.0 Å². The summed E-state index contributed by atoms with van der Waals surface area (Å²) >= 11 is 0. The first kappa shape index (κ1) is 19.9. The zero-order valence-corrected chi connectivity index (χ0v) is 16.6. The fourth-order valence-corrected chi connectivity index (χ4v) is 3.78. The van der Waals surface area contributed by atoms with E-state index >= 15 is 0 Å². The lowest BCUT2D eigenvalue weighted by Crippen LogP contribution is -2.52. The average molecular weight is 369 g/mol. The van der Waals surface area contributed by atoms with Gasteiger partial charge in [-0.2, -0.15) is 0 Å². The van der Waals surface area contributed by atoms with Crippen LogP contribution in [0.4, 0.5) is 0 Å². The van der Waals surface area contributed by atoms with Crippen LogP contribution in [0.25, 0.3) is 0 Å². The minimum atomic E-state index is 0.239. The molecule has 1 N–H and O–H groups in total. The summed E-state index contributed by atoms with van der Waals surface area (Å²) in [6.45, 7) is 10.1. The molecule has 2 aromatic rings. The Bertz CT molecular complexity index is 685. The van der Waals surface area contributed by atoms with Crippen LogP contribution >= 0.6 is 0 Å². The minimum Gasteiger partial charge on any atom is -0.494 e. The number of aliphatic hydroxyl groups excluding tert-OH is 1. The molecule has 1 aliphatic heterocycles. The van der Waals surface area contributed by atoms with Crippen LogP contribution in [0.3, 0.4) is 0 Å². The molecule has 0 unspecified atom stereocenters. The van der Waals surface area contributed by atoms with E-state index < -0.39 is 0 Å². The highest BCUT2D eigenvalue weighted by molar-refractivity contribution is 5.27. The summed E-state index contributed by atoms with van der Waals surface area (Å²) < 4.78 is 5.54. The Morgan fingerprint density at radius 3 is 2.30 bits per heavy atom. The summed E-state index contributed by atoms with van der Waals surface area (Å²) in [7, 11) is 0. The normalized spacial score (nSPS) is 18.6. The monoisotopic (exact) mass is 368 g/mol. The lowest BCUT2D eigenvalue weighted by atomic mass is 10.1. The Morgan fingerprint density at radius 2 is 1.63 bits per heavy atom. The van der Waals surface area contributed by atoms with Crippen LogP contribution in [-0.4, -0.2) is 53.8 Å². The first-order chi connectivity index (χ1) is 13.2. The third-order valence-electron chi connectivity index (χ3n) is 5.30. The number of hydrogen-bond acceptors (Lipinski definition) is 4. The molecule has 0 amide bonds. The Kier molecular flexibility index (Phi) is 7.27. The van der Waals surface area contributed by atoms with E-state index in [4.69, 9.17) is 4.74 Å². The predicted molar refractivity (Wildman–Crippen MR) is 110 cm³/mol. The topological polar surface area (TPSA) is 35.9 Å². The van der Waals surface area contributed by atoms with E-state index in [2.05, 4.69) is 53.1 Å². The lowest BCUT2D eigenvalue weighted by Gasteiger charge is -2.41. The molecular formula is C23H32N2O2. The molecule has 1 heterocycles. The summed E-state index contributed by atoms with van der Waals surface area (Å²) in [4.78, 5) is 5.03. The number of aliphatic hydroxyl groups is 1. The molecule has 0 aliphatic carbocycles. The van der Waals surface area contributed by atoms with Crippen LogP contribution in [-0.2, 0) is 13.1 Å². The summed E-state index contributed by atoms with van der Waals surface area (Å²) in [5, 5.41) is 9.54. The zero-order chi connectivity index (χ0) is 19.1. The van der Waals surface area contributed by atoms with Gasteiger partial charge in [0.15, 0.2) is 0 Å². The van der Waals surface area contributed by atoms with E-state index in [1.807, 2.05) is 19.1 Å². The van der Waals surface area contributed by atoms with Crippen LogP contribution < -0.4 is 4.74 Å².